The second kappa shape index (κ2) is 14.3. The Labute approximate surface area is 353 Å². The summed E-state index contributed by atoms with van der Waals surface area (Å²) in [7, 11) is 0. The lowest BCUT2D eigenvalue weighted by molar-refractivity contribution is 0.669. The van der Waals surface area contributed by atoms with Crippen molar-refractivity contribution in [3.8, 4) is 39.1 Å². The SMILES string of the molecule is c1cc(-c2cccc3ccccc23)cc(N(c2ccc(-c3ccc(-c4ccccc4-n4c5ccccc5c5ccccc54)cc3)cc2)c2cccc3oc4ccccc4c23)c1. The molecule has 0 N–H and O–H groups in total. The third kappa shape index (κ3) is 5.82. The third-order valence-corrected chi connectivity index (χ3v) is 12.2. The number of para-hydroxylation sites is 4. The zero-order valence-corrected chi connectivity index (χ0v) is 33.2. The summed E-state index contributed by atoms with van der Waals surface area (Å²) in [5.74, 6) is 0. The minimum Gasteiger partial charge on any atom is -0.456 e. The lowest BCUT2D eigenvalue weighted by atomic mass is 9.97. The van der Waals surface area contributed by atoms with E-state index in [1.807, 2.05) is 12.1 Å². The van der Waals surface area contributed by atoms with E-state index in [9.17, 15) is 0 Å². The lowest BCUT2D eigenvalue weighted by Gasteiger charge is -2.27. The first-order valence-electron chi connectivity index (χ1n) is 20.8. The number of fused-ring (bicyclic) bond motifs is 7. The van der Waals surface area contributed by atoms with Crippen molar-refractivity contribution in [2.75, 3.05) is 4.90 Å². The molecule has 0 aliphatic rings. The molecule has 0 saturated carbocycles. The van der Waals surface area contributed by atoms with Gasteiger partial charge in [-0.3, -0.25) is 0 Å². The summed E-state index contributed by atoms with van der Waals surface area (Å²) in [5.41, 5.74) is 15.6. The minimum absolute atomic E-state index is 0.866. The smallest absolute Gasteiger partial charge is 0.137 e. The van der Waals surface area contributed by atoms with Gasteiger partial charge in [0.2, 0.25) is 0 Å². The molecule has 10 aromatic carbocycles. The summed E-state index contributed by atoms with van der Waals surface area (Å²) in [4.78, 5) is 2.37. The van der Waals surface area contributed by atoms with Gasteiger partial charge in [0.15, 0.2) is 0 Å². The van der Waals surface area contributed by atoms with Gasteiger partial charge >= 0.3 is 0 Å². The molecule has 61 heavy (non-hydrogen) atoms. The number of nitrogens with zero attached hydrogens (tertiary/aromatic N) is 2. The monoisotopic (exact) mass is 778 g/mol. The van der Waals surface area contributed by atoms with Crippen LogP contribution in [-0.2, 0) is 0 Å². The molecular formula is C58H38N2O. The molecule has 0 fully saturated rings. The van der Waals surface area contributed by atoms with Gasteiger partial charge in [-0.15, -0.1) is 0 Å². The first kappa shape index (κ1) is 34.9. The lowest BCUT2D eigenvalue weighted by Crippen LogP contribution is -2.10. The maximum Gasteiger partial charge on any atom is 0.137 e. The number of anilines is 3. The van der Waals surface area contributed by atoms with Crippen molar-refractivity contribution in [2.24, 2.45) is 0 Å². The Balaban J connectivity index is 0.944. The fraction of sp³-hybridized carbons (Fsp3) is 0. The van der Waals surface area contributed by atoms with E-state index in [0.29, 0.717) is 0 Å². The van der Waals surface area contributed by atoms with Crippen LogP contribution < -0.4 is 4.90 Å². The predicted octanol–water partition coefficient (Wildman–Crippen LogP) is 16.3. The van der Waals surface area contributed by atoms with Crippen molar-refractivity contribution in [3.63, 3.8) is 0 Å². The molecule has 286 valence electrons. The molecule has 12 aromatic rings. The van der Waals surface area contributed by atoms with Crippen LogP contribution >= 0.6 is 0 Å². The molecule has 0 aliphatic carbocycles. The molecule has 2 aromatic heterocycles. The first-order valence-corrected chi connectivity index (χ1v) is 20.8. The van der Waals surface area contributed by atoms with Crippen LogP contribution in [0.3, 0.4) is 0 Å². The van der Waals surface area contributed by atoms with Crippen LogP contribution in [0.4, 0.5) is 17.1 Å². The summed E-state index contributed by atoms with van der Waals surface area (Å²) >= 11 is 0. The van der Waals surface area contributed by atoms with E-state index in [0.717, 1.165) is 50.1 Å². The van der Waals surface area contributed by atoms with Crippen molar-refractivity contribution < 1.29 is 4.42 Å². The first-order chi connectivity index (χ1) is 30.3. The topological polar surface area (TPSA) is 21.3 Å². The van der Waals surface area contributed by atoms with Gasteiger partial charge in [0.05, 0.1) is 27.8 Å². The van der Waals surface area contributed by atoms with Crippen LogP contribution in [0, 0.1) is 0 Å². The Morgan fingerprint density at radius 1 is 0.344 bits per heavy atom. The summed E-state index contributed by atoms with van der Waals surface area (Å²) in [6, 6.07) is 82.9. The molecule has 0 spiro atoms. The van der Waals surface area contributed by atoms with Gasteiger partial charge in [-0.25, -0.2) is 0 Å². The van der Waals surface area contributed by atoms with E-state index in [2.05, 4.69) is 228 Å². The molecule has 0 saturated heterocycles. The number of rotatable bonds is 7. The van der Waals surface area contributed by atoms with Gasteiger partial charge in [0.1, 0.15) is 11.2 Å². The van der Waals surface area contributed by atoms with Crippen LogP contribution in [0.1, 0.15) is 0 Å². The Hall–Kier alpha value is -8.14. The van der Waals surface area contributed by atoms with Gasteiger partial charge in [0, 0.05) is 33.1 Å². The summed E-state index contributed by atoms with van der Waals surface area (Å²) in [6.45, 7) is 0. The molecule has 0 amide bonds. The minimum atomic E-state index is 0.866. The molecule has 0 unspecified atom stereocenters. The normalized spacial score (nSPS) is 11.6. The summed E-state index contributed by atoms with van der Waals surface area (Å²) in [5, 5.41) is 7.18. The quantitative estimate of drug-likeness (QED) is 0.161. The molecule has 0 bridgehead atoms. The van der Waals surface area contributed by atoms with Gasteiger partial charge < -0.3 is 13.9 Å². The van der Waals surface area contributed by atoms with Gasteiger partial charge in [-0.05, 0) is 99.3 Å². The van der Waals surface area contributed by atoms with Crippen molar-refractivity contribution in [1.29, 1.82) is 0 Å². The van der Waals surface area contributed by atoms with Crippen LogP contribution in [-0.4, -0.2) is 4.57 Å². The number of aromatic nitrogens is 1. The van der Waals surface area contributed by atoms with Crippen molar-refractivity contribution in [2.45, 2.75) is 0 Å². The highest BCUT2D eigenvalue weighted by atomic mass is 16.3. The van der Waals surface area contributed by atoms with Crippen LogP contribution in [0.15, 0.2) is 235 Å². The van der Waals surface area contributed by atoms with Crippen molar-refractivity contribution in [1.82, 2.24) is 4.57 Å². The average molecular weight is 779 g/mol. The Morgan fingerprint density at radius 2 is 0.902 bits per heavy atom. The van der Waals surface area contributed by atoms with E-state index >= 15 is 0 Å². The van der Waals surface area contributed by atoms with E-state index in [-0.39, 0.29) is 0 Å². The summed E-state index contributed by atoms with van der Waals surface area (Å²) in [6.07, 6.45) is 0. The molecule has 0 aliphatic heterocycles. The number of benzene rings is 10. The highest BCUT2D eigenvalue weighted by Crippen LogP contribution is 2.45. The van der Waals surface area contributed by atoms with Crippen LogP contribution in [0.5, 0.6) is 0 Å². The molecular weight excluding hydrogens is 741 g/mol. The molecule has 0 radical (unpaired) electrons. The highest BCUT2D eigenvalue weighted by molar-refractivity contribution is 6.14. The van der Waals surface area contributed by atoms with Gasteiger partial charge in [-0.2, -0.15) is 0 Å². The van der Waals surface area contributed by atoms with Crippen LogP contribution in [0.2, 0.25) is 0 Å². The number of hydrogen-bond donors (Lipinski definition) is 0. The van der Waals surface area contributed by atoms with E-state index in [1.165, 1.54) is 60.5 Å². The third-order valence-electron chi connectivity index (χ3n) is 12.2. The largest absolute Gasteiger partial charge is 0.456 e. The van der Waals surface area contributed by atoms with E-state index < -0.39 is 0 Å². The standard InChI is InChI=1S/C58H38N2O/c1-2-18-46-41(14-1)15-12-23-47(46)43-16-11-17-45(38-43)59(55-27-13-29-57-58(55)51-22-6-10-28-56(51)61-57)44-36-34-40(35-37-44)39-30-32-42(33-31-39)48-19-3-7-24-52(48)60-53-25-8-4-20-49(53)50-21-5-9-26-54(50)60/h1-38H. The van der Waals surface area contributed by atoms with Crippen molar-refractivity contribution >= 4 is 71.6 Å². The zero-order valence-electron chi connectivity index (χ0n) is 33.2. The van der Waals surface area contributed by atoms with Crippen LogP contribution in [0.25, 0.3) is 93.6 Å². The second-order valence-electron chi connectivity index (χ2n) is 15.7. The van der Waals surface area contributed by atoms with E-state index in [1.54, 1.807) is 0 Å². The molecule has 12 rings (SSSR count). The number of hydrogen-bond acceptors (Lipinski definition) is 2. The maximum atomic E-state index is 6.41. The molecule has 3 heteroatoms. The predicted molar refractivity (Wildman–Crippen MR) is 257 cm³/mol. The van der Waals surface area contributed by atoms with Gasteiger partial charge in [0.25, 0.3) is 0 Å². The maximum absolute atomic E-state index is 6.41. The molecule has 3 nitrogen and oxygen atoms in total. The average Bonchev–Trinajstić information content (AvgIpc) is 3.88. The molecule has 0 atom stereocenters. The van der Waals surface area contributed by atoms with E-state index in [4.69, 9.17) is 4.42 Å². The Morgan fingerprint density at radius 3 is 1.69 bits per heavy atom. The fourth-order valence-electron chi connectivity index (χ4n) is 9.40. The highest BCUT2D eigenvalue weighted by Gasteiger charge is 2.21. The number of furan rings is 1. The second-order valence-corrected chi connectivity index (χ2v) is 15.7. The fourth-order valence-corrected chi connectivity index (χ4v) is 9.40. The molecule has 2 heterocycles. The van der Waals surface area contributed by atoms with Crippen molar-refractivity contribution in [3.05, 3.63) is 231 Å². The Bertz CT molecular complexity index is 3530. The summed E-state index contributed by atoms with van der Waals surface area (Å²) < 4.78 is 8.82. The van der Waals surface area contributed by atoms with Gasteiger partial charge in [-0.1, -0.05) is 170 Å². The zero-order chi connectivity index (χ0) is 40.3. The Kier molecular flexibility index (Phi) is 8.17.